The molecule has 0 heterocycles. The van der Waals surface area contributed by atoms with E-state index in [1.807, 2.05) is 0 Å². The first-order valence-electron chi connectivity index (χ1n) is 7.76. The van der Waals surface area contributed by atoms with Gasteiger partial charge in [0.2, 0.25) is 0 Å². The molecule has 0 amide bonds. The Morgan fingerprint density at radius 1 is 1.25 bits per heavy atom. The molecular formula is C17H15ClF3N3O4. The molecule has 1 N–H and O–H groups in total. The standard InChI is InChI=1S/C17H15ClF3N3O4/c1-22(8-16(20)21)13-7-14(15(24(27)28)6-10(13)17(25)26)23(2)9-3-4-12(19)11(18)5-9/h3-7,16H,8H2,1-2H3,(H,25,26). The van der Waals surface area contributed by atoms with Crippen molar-refractivity contribution in [2.24, 2.45) is 0 Å². The van der Waals surface area contributed by atoms with Crippen molar-refractivity contribution in [2.75, 3.05) is 30.4 Å². The molecule has 0 saturated heterocycles. The molecule has 150 valence electrons. The smallest absolute Gasteiger partial charge is 0.338 e. The van der Waals surface area contributed by atoms with Gasteiger partial charge in [0.25, 0.3) is 12.1 Å². The minimum Gasteiger partial charge on any atom is -0.478 e. The molecule has 0 fully saturated rings. The van der Waals surface area contributed by atoms with Gasteiger partial charge in [-0.2, -0.15) is 0 Å². The normalized spacial score (nSPS) is 10.8. The van der Waals surface area contributed by atoms with Gasteiger partial charge in [-0.15, -0.1) is 0 Å². The lowest BCUT2D eigenvalue weighted by atomic mass is 10.1. The van der Waals surface area contributed by atoms with Crippen LogP contribution < -0.4 is 9.80 Å². The van der Waals surface area contributed by atoms with E-state index in [1.165, 1.54) is 31.1 Å². The van der Waals surface area contributed by atoms with Crippen LogP contribution >= 0.6 is 11.6 Å². The number of nitro benzene ring substituents is 1. The highest BCUT2D eigenvalue weighted by atomic mass is 35.5. The molecule has 0 aliphatic rings. The van der Waals surface area contributed by atoms with E-state index < -0.39 is 40.9 Å². The zero-order chi connectivity index (χ0) is 21.2. The number of carboxylic acids is 1. The Bertz CT molecular complexity index is 927. The Hall–Kier alpha value is -3.01. The maximum atomic E-state index is 13.4. The molecule has 0 aromatic heterocycles. The van der Waals surface area contributed by atoms with Crippen LogP contribution in [0.4, 0.5) is 35.9 Å². The SMILES string of the molecule is CN(CC(F)F)c1cc(N(C)c2ccc(F)c(Cl)c2)c([N+](=O)[O-])cc1C(=O)O. The second kappa shape index (κ2) is 8.34. The molecule has 0 aliphatic carbocycles. The van der Waals surface area contributed by atoms with Gasteiger partial charge in [0.05, 0.1) is 27.7 Å². The zero-order valence-corrected chi connectivity index (χ0v) is 15.5. The third-order valence-electron chi connectivity index (χ3n) is 3.99. The number of alkyl halides is 2. The fourth-order valence-corrected chi connectivity index (χ4v) is 2.78. The van der Waals surface area contributed by atoms with Crippen molar-refractivity contribution in [1.29, 1.82) is 0 Å². The fourth-order valence-electron chi connectivity index (χ4n) is 2.61. The number of carboxylic acid groups (broad SMARTS) is 1. The number of nitro groups is 1. The van der Waals surface area contributed by atoms with Crippen LogP contribution in [-0.4, -0.2) is 43.1 Å². The van der Waals surface area contributed by atoms with Crippen molar-refractivity contribution in [3.63, 3.8) is 0 Å². The zero-order valence-electron chi connectivity index (χ0n) is 14.7. The summed E-state index contributed by atoms with van der Waals surface area (Å²) in [5.74, 6) is -2.19. The van der Waals surface area contributed by atoms with Crippen LogP contribution in [0, 0.1) is 15.9 Å². The number of rotatable bonds is 7. The van der Waals surface area contributed by atoms with Gasteiger partial charge in [0, 0.05) is 25.8 Å². The summed E-state index contributed by atoms with van der Waals surface area (Å²) in [6.07, 6.45) is -2.75. The van der Waals surface area contributed by atoms with Crippen LogP contribution in [-0.2, 0) is 0 Å². The Kier molecular flexibility index (Phi) is 6.34. The third-order valence-corrected chi connectivity index (χ3v) is 4.28. The van der Waals surface area contributed by atoms with Crippen LogP contribution in [0.5, 0.6) is 0 Å². The molecule has 0 saturated carbocycles. The number of halogens is 4. The summed E-state index contributed by atoms with van der Waals surface area (Å²) in [7, 11) is 2.67. The van der Waals surface area contributed by atoms with Crippen molar-refractivity contribution in [3.05, 3.63) is 56.8 Å². The molecule has 2 aromatic carbocycles. The molecule has 11 heteroatoms. The van der Waals surface area contributed by atoms with E-state index in [9.17, 15) is 33.2 Å². The molecule has 0 unspecified atom stereocenters. The number of anilines is 3. The van der Waals surface area contributed by atoms with E-state index in [0.717, 1.165) is 23.1 Å². The highest BCUT2D eigenvalue weighted by Gasteiger charge is 2.27. The van der Waals surface area contributed by atoms with Gasteiger partial charge in [0.15, 0.2) is 0 Å². The summed E-state index contributed by atoms with van der Waals surface area (Å²) >= 11 is 5.75. The Morgan fingerprint density at radius 3 is 2.39 bits per heavy atom. The maximum Gasteiger partial charge on any atom is 0.338 e. The van der Waals surface area contributed by atoms with Crippen molar-refractivity contribution in [2.45, 2.75) is 6.43 Å². The minimum absolute atomic E-state index is 0.0752. The number of aromatic carboxylic acids is 1. The second-order valence-corrected chi connectivity index (χ2v) is 6.26. The van der Waals surface area contributed by atoms with Gasteiger partial charge < -0.3 is 14.9 Å². The van der Waals surface area contributed by atoms with Gasteiger partial charge in [-0.05, 0) is 24.3 Å². The Labute approximate surface area is 162 Å². The first-order valence-corrected chi connectivity index (χ1v) is 8.14. The molecule has 28 heavy (non-hydrogen) atoms. The number of nitrogens with zero attached hydrogens (tertiary/aromatic N) is 3. The molecule has 7 nitrogen and oxygen atoms in total. The average Bonchev–Trinajstić information content (AvgIpc) is 2.61. The van der Waals surface area contributed by atoms with Crippen LogP contribution in [0.25, 0.3) is 0 Å². The topological polar surface area (TPSA) is 86.9 Å². The molecule has 0 bridgehead atoms. The van der Waals surface area contributed by atoms with E-state index in [1.54, 1.807) is 0 Å². The summed E-state index contributed by atoms with van der Waals surface area (Å²) in [4.78, 5) is 24.5. The number of benzene rings is 2. The molecule has 2 rings (SSSR count). The highest BCUT2D eigenvalue weighted by molar-refractivity contribution is 6.31. The summed E-state index contributed by atoms with van der Waals surface area (Å²) < 4.78 is 38.9. The van der Waals surface area contributed by atoms with E-state index in [-0.39, 0.29) is 22.1 Å². The highest BCUT2D eigenvalue weighted by Crippen LogP contribution is 2.39. The molecule has 0 spiro atoms. The Balaban J connectivity index is 2.68. The molecular weight excluding hydrogens is 403 g/mol. The first-order chi connectivity index (χ1) is 13.0. The fraction of sp³-hybridized carbons (Fsp3) is 0.235. The number of hydrogen-bond donors (Lipinski definition) is 1. The predicted molar refractivity (Wildman–Crippen MR) is 98.8 cm³/mol. The van der Waals surface area contributed by atoms with E-state index in [4.69, 9.17) is 11.6 Å². The van der Waals surface area contributed by atoms with Crippen LogP contribution in [0.2, 0.25) is 5.02 Å². The van der Waals surface area contributed by atoms with Gasteiger partial charge in [-0.3, -0.25) is 10.1 Å². The minimum atomic E-state index is -2.75. The number of hydrogen-bond acceptors (Lipinski definition) is 5. The van der Waals surface area contributed by atoms with Crippen molar-refractivity contribution >= 4 is 40.3 Å². The van der Waals surface area contributed by atoms with Crippen LogP contribution in [0.3, 0.4) is 0 Å². The predicted octanol–water partition coefficient (Wildman–Crippen LogP) is 4.55. The number of carbonyl (C=O) groups is 1. The Morgan fingerprint density at radius 2 is 1.89 bits per heavy atom. The quantitative estimate of drug-likeness (QED) is 0.525. The molecule has 0 atom stereocenters. The van der Waals surface area contributed by atoms with Gasteiger partial charge in [-0.25, -0.2) is 18.0 Å². The molecule has 0 radical (unpaired) electrons. The third kappa shape index (κ3) is 4.45. The van der Waals surface area contributed by atoms with Crippen molar-refractivity contribution < 1.29 is 28.0 Å². The summed E-state index contributed by atoms with van der Waals surface area (Å²) in [5, 5.41) is 20.6. The first kappa shape index (κ1) is 21.3. The largest absolute Gasteiger partial charge is 0.478 e. The second-order valence-electron chi connectivity index (χ2n) is 5.85. The van der Waals surface area contributed by atoms with Gasteiger partial charge in [-0.1, -0.05) is 11.6 Å². The van der Waals surface area contributed by atoms with Gasteiger partial charge >= 0.3 is 5.97 Å². The lowest BCUT2D eigenvalue weighted by Crippen LogP contribution is -2.26. The average molecular weight is 418 g/mol. The molecule has 2 aromatic rings. The maximum absolute atomic E-state index is 13.4. The summed E-state index contributed by atoms with van der Waals surface area (Å²) in [6, 6.07) is 5.54. The lowest BCUT2D eigenvalue weighted by molar-refractivity contribution is -0.384. The van der Waals surface area contributed by atoms with E-state index in [0.29, 0.717) is 0 Å². The van der Waals surface area contributed by atoms with E-state index >= 15 is 0 Å². The van der Waals surface area contributed by atoms with Crippen LogP contribution in [0.15, 0.2) is 30.3 Å². The van der Waals surface area contributed by atoms with Crippen molar-refractivity contribution in [3.8, 4) is 0 Å². The van der Waals surface area contributed by atoms with Crippen molar-refractivity contribution in [1.82, 2.24) is 0 Å². The van der Waals surface area contributed by atoms with Gasteiger partial charge in [0.1, 0.15) is 11.5 Å². The van der Waals surface area contributed by atoms with E-state index in [2.05, 4.69) is 0 Å². The van der Waals surface area contributed by atoms with Crippen LogP contribution in [0.1, 0.15) is 10.4 Å². The lowest BCUT2D eigenvalue weighted by Gasteiger charge is -2.25. The summed E-state index contributed by atoms with van der Waals surface area (Å²) in [6.45, 7) is -0.774. The molecule has 0 aliphatic heterocycles. The monoisotopic (exact) mass is 417 g/mol. The summed E-state index contributed by atoms with van der Waals surface area (Å²) in [5.41, 5.74) is -0.985.